The number of pyridine rings is 1. The first-order chi connectivity index (χ1) is 7.27. The summed E-state index contributed by atoms with van der Waals surface area (Å²) < 4.78 is 5.18. The molecule has 1 aromatic heterocycles. The standard InChI is InChI=1S/C12H20N2O/c1-4-5-7-10(2)14-11-8-6-9-13-12(11)15-3/h6,8-10,14H,4-5,7H2,1-3H3. The van der Waals surface area contributed by atoms with Crippen LogP contribution in [0, 0.1) is 0 Å². The van der Waals surface area contributed by atoms with Gasteiger partial charge in [0.25, 0.3) is 0 Å². The number of unbranched alkanes of at least 4 members (excludes halogenated alkanes) is 1. The van der Waals surface area contributed by atoms with Gasteiger partial charge in [-0.1, -0.05) is 19.8 Å². The summed E-state index contributed by atoms with van der Waals surface area (Å²) in [6, 6.07) is 4.37. The molecule has 3 nitrogen and oxygen atoms in total. The lowest BCUT2D eigenvalue weighted by atomic mass is 10.1. The molecule has 15 heavy (non-hydrogen) atoms. The van der Waals surface area contributed by atoms with Crippen molar-refractivity contribution in [1.82, 2.24) is 4.98 Å². The van der Waals surface area contributed by atoms with Gasteiger partial charge in [-0.15, -0.1) is 0 Å². The third kappa shape index (κ3) is 3.78. The fourth-order valence-corrected chi connectivity index (χ4v) is 1.51. The minimum absolute atomic E-state index is 0.461. The number of aromatic nitrogens is 1. The second-order valence-electron chi connectivity index (χ2n) is 3.75. The Bertz CT molecular complexity index is 289. The van der Waals surface area contributed by atoms with Crippen molar-refractivity contribution in [2.45, 2.75) is 39.2 Å². The van der Waals surface area contributed by atoms with E-state index in [9.17, 15) is 0 Å². The van der Waals surface area contributed by atoms with E-state index in [0.29, 0.717) is 11.9 Å². The van der Waals surface area contributed by atoms with Gasteiger partial charge in [0.1, 0.15) is 0 Å². The summed E-state index contributed by atoms with van der Waals surface area (Å²) in [6.07, 6.45) is 5.39. The molecule has 1 unspecified atom stereocenters. The van der Waals surface area contributed by atoms with Crippen molar-refractivity contribution in [1.29, 1.82) is 0 Å². The van der Waals surface area contributed by atoms with Crippen LogP contribution in [-0.2, 0) is 0 Å². The molecule has 1 heterocycles. The van der Waals surface area contributed by atoms with Gasteiger partial charge in [-0.05, 0) is 25.5 Å². The summed E-state index contributed by atoms with van der Waals surface area (Å²) >= 11 is 0. The number of nitrogens with zero attached hydrogens (tertiary/aromatic N) is 1. The molecule has 84 valence electrons. The number of rotatable bonds is 6. The van der Waals surface area contributed by atoms with E-state index < -0.39 is 0 Å². The molecule has 1 rings (SSSR count). The molecule has 0 radical (unpaired) electrons. The third-order valence-corrected chi connectivity index (χ3v) is 2.36. The summed E-state index contributed by atoms with van der Waals surface area (Å²) in [5, 5.41) is 3.41. The van der Waals surface area contributed by atoms with Gasteiger partial charge in [-0.2, -0.15) is 0 Å². The smallest absolute Gasteiger partial charge is 0.237 e. The van der Waals surface area contributed by atoms with E-state index in [0.717, 1.165) is 5.69 Å². The minimum Gasteiger partial charge on any atom is -0.480 e. The van der Waals surface area contributed by atoms with Crippen LogP contribution in [0.1, 0.15) is 33.1 Å². The van der Waals surface area contributed by atoms with Crippen molar-refractivity contribution >= 4 is 5.69 Å². The number of anilines is 1. The van der Waals surface area contributed by atoms with Crippen molar-refractivity contribution in [2.75, 3.05) is 12.4 Å². The second-order valence-corrected chi connectivity index (χ2v) is 3.75. The molecule has 0 amide bonds. The Morgan fingerprint density at radius 1 is 1.53 bits per heavy atom. The van der Waals surface area contributed by atoms with E-state index in [2.05, 4.69) is 24.1 Å². The van der Waals surface area contributed by atoms with E-state index >= 15 is 0 Å². The van der Waals surface area contributed by atoms with Gasteiger partial charge in [0, 0.05) is 12.2 Å². The van der Waals surface area contributed by atoms with Crippen LogP contribution in [-0.4, -0.2) is 18.1 Å². The SMILES string of the molecule is CCCCC(C)Nc1cccnc1OC. The van der Waals surface area contributed by atoms with Crippen molar-refractivity contribution in [2.24, 2.45) is 0 Å². The average molecular weight is 208 g/mol. The highest BCUT2D eigenvalue weighted by atomic mass is 16.5. The average Bonchev–Trinajstić information content (AvgIpc) is 2.27. The van der Waals surface area contributed by atoms with Crippen molar-refractivity contribution in [3.63, 3.8) is 0 Å². The van der Waals surface area contributed by atoms with Crippen LogP contribution in [0.4, 0.5) is 5.69 Å². The predicted molar refractivity (Wildman–Crippen MR) is 63.4 cm³/mol. The van der Waals surface area contributed by atoms with Crippen LogP contribution in [0.3, 0.4) is 0 Å². The fourth-order valence-electron chi connectivity index (χ4n) is 1.51. The highest BCUT2D eigenvalue weighted by Crippen LogP contribution is 2.21. The van der Waals surface area contributed by atoms with Crippen LogP contribution in [0.25, 0.3) is 0 Å². The fraction of sp³-hybridized carbons (Fsp3) is 0.583. The molecular formula is C12H20N2O. The van der Waals surface area contributed by atoms with Gasteiger partial charge in [0.15, 0.2) is 0 Å². The van der Waals surface area contributed by atoms with Crippen LogP contribution in [0.15, 0.2) is 18.3 Å². The number of methoxy groups -OCH3 is 1. The molecule has 1 aromatic rings. The molecule has 0 aromatic carbocycles. The second kappa shape index (κ2) is 6.27. The molecular weight excluding hydrogens is 188 g/mol. The topological polar surface area (TPSA) is 34.2 Å². The first kappa shape index (κ1) is 11.8. The maximum atomic E-state index is 5.18. The molecule has 1 N–H and O–H groups in total. The Hall–Kier alpha value is -1.25. The largest absolute Gasteiger partial charge is 0.480 e. The third-order valence-electron chi connectivity index (χ3n) is 2.36. The lowest BCUT2D eigenvalue weighted by Gasteiger charge is -2.16. The van der Waals surface area contributed by atoms with Gasteiger partial charge in [-0.25, -0.2) is 4.98 Å². The number of hydrogen-bond donors (Lipinski definition) is 1. The Morgan fingerprint density at radius 2 is 2.33 bits per heavy atom. The van der Waals surface area contributed by atoms with Crippen LogP contribution >= 0.6 is 0 Å². The minimum atomic E-state index is 0.461. The summed E-state index contributed by atoms with van der Waals surface area (Å²) in [5.74, 6) is 0.667. The zero-order chi connectivity index (χ0) is 11.1. The molecule has 0 spiro atoms. The predicted octanol–water partition coefficient (Wildman–Crippen LogP) is 3.08. The van der Waals surface area contributed by atoms with Gasteiger partial charge >= 0.3 is 0 Å². The highest BCUT2D eigenvalue weighted by Gasteiger charge is 2.06. The first-order valence-electron chi connectivity index (χ1n) is 5.53. The van der Waals surface area contributed by atoms with Crippen molar-refractivity contribution in [3.8, 4) is 5.88 Å². The van der Waals surface area contributed by atoms with Gasteiger partial charge in [0.2, 0.25) is 5.88 Å². The molecule has 1 atom stereocenters. The molecule has 3 heteroatoms. The lowest BCUT2D eigenvalue weighted by molar-refractivity contribution is 0.399. The summed E-state index contributed by atoms with van der Waals surface area (Å²) in [5.41, 5.74) is 0.976. The highest BCUT2D eigenvalue weighted by molar-refractivity contribution is 5.52. The molecule has 0 saturated heterocycles. The number of hydrogen-bond acceptors (Lipinski definition) is 3. The molecule has 0 aliphatic rings. The van der Waals surface area contributed by atoms with E-state index in [1.165, 1.54) is 19.3 Å². The Morgan fingerprint density at radius 3 is 3.00 bits per heavy atom. The molecule has 0 aliphatic carbocycles. The lowest BCUT2D eigenvalue weighted by Crippen LogP contribution is -2.15. The van der Waals surface area contributed by atoms with Gasteiger partial charge < -0.3 is 10.1 Å². The van der Waals surface area contributed by atoms with Crippen LogP contribution in [0.5, 0.6) is 5.88 Å². The molecule has 0 saturated carbocycles. The van der Waals surface area contributed by atoms with Gasteiger partial charge in [0.05, 0.1) is 12.8 Å². The quantitative estimate of drug-likeness (QED) is 0.780. The van der Waals surface area contributed by atoms with E-state index in [-0.39, 0.29) is 0 Å². The zero-order valence-corrected chi connectivity index (χ0v) is 9.79. The first-order valence-corrected chi connectivity index (χ1v) is 5.53. The molecule has 0 aliphatic heterocycles. The summed E-state index contributed by atoms with van der Waals surface area (Å²) in [6.45, 7) is 4.39. The van der Waals surface area contributed by atoms with E-state index in [4.69, 9.17) is 4.74 Å². The summed E-state index contributed by atoms with van der Waals surface area (Å²) in [7, 11) is 1.64. The Balaban J connectivity index is 2.55. The summed E-state index contributed by atoms with van der Waals surface area (Å²) in [4.78, 5) is 4.15. The monoisotopic (exact) mass is 208 g/mol. The Kier molecular flexibility index (Phi) is 4.95. The normalized spacial score (nSPS) is 12.2. The Labute approximate surface area is 91.9 Å². The van der Waals surface area contributed by atoms with Gasteiger partial charge in [-0.3, -0.25) is 0 Å². The maximum Gasteiger partial charge on any atom is 0.237 e. The molecule has 0 bridgehead atoms. The van der Waals surface area contributed by atoms with Crippen LogP contribution in [0.2, 0.25) is 0 Å². The maximum absolute atomic E-state index is 5.18. The van der Waals surface area contributed by atoms with E-state index in [1.807, 2.05) is 12.1 Å². The van der Waals surface area contributed by atoms with Crippen LogP contribution < -0.4 is 10.1 Å². The van der Waals surface area contributed by atoms with Crippen molar-refractivity contribution in [3.05, 3.63) is 18.3 Å². The van der Waals surface area contributed by atoms with Crippen molar-refractivity contribution < 1.29 is 4.74 Å². The van der Waals surface area contributed by atoms with E-state index in [1.54, 1.807) is 13.3 Å². The number of ether oxygens (including phenoxy) is 1. The molecule has 0 fully saturated rings. The zero-order valence-electron chi connectivity index (χ0n) is 9.79. The number of nitrogens with one attached hydrogen (secondary N) is 1.